The van der Waals surface area contributed by atoms with Crippen molar-refractivity contribution in [3.05, 3.63) is 67.0 Å². The van der Waals surface area contributed by atoms with Crippen LogP contribution in [0.2, 0.25) is 0 Å². The van der Waals surface area contributed by atoms with Gasteiger partial charge in [0.25, 0.3) is 0 Å². The maximum absolute atomic E-state index is 12.2. The number of hydrogen-bond donors (Lipinski definition) is 2. The molecule has 0 saturated heterocycles. The number of benzene rings is 1. The van der Waals surface area contributed by atoms with Crippen LogP contribution in [0.1, 0.15) is 18.5 Å². The van der Waals surface area contributed by atoms with E-state index in [2.05, 4.69) is 16.9 Å². The standard InChI is InChI=1S/C19H23N3O2/c1-3-12-22(13-14-23)19(24)21-15(2)16-4-6-17(7-5-16)18-8-10-20-11-9-18/h3-11,15,23H,1,12-14H2,2H3,(H,21,24). The van der Waals surface area contributed by atoms with Crippen LogP contribution in [-0.2, 0) is 0 Å². The monoisotopic (exact) mass is 325 g/mol. The molecule has 2 N–H and O–H groups in total. The van der Waals surface area contributed by atoms with E-state index in [1.165, 1.54) is 4.90 Å². The van der Waals surface area contributed by atoms with Crippen molar-refractivity contribution in [1.82, 2.24) is 15.2 Å². The Morgan fingerprint density at radius 1 is 1.25 bits per heavy atom. The summed E-state index contributed by atoms with van der Waals surface area (Å²) in [5.41, 5.74) is 3.23. The van der Waals surface area contributed by atoms with Gasteiger partial charge in [-0.3, -0.25) is 4.98 Å². The summed E-state index contributed by atoms with van der Waals surface area (Å²) in [5.74, 6) is 0. The summed E-state index contributed by atoms with van der Waals surface area (Å²) in [6.45, 7) is 6.18. The van der Waals surface area contributed by atoms with E-state index in [1.807, 2.05) is 43.3 Å². The fourth-order valence-corrected chi connectivity index (χ4v) is 2.42. The first-order valence-corrected chi connectivity index (χ1v) is 7.93. The number of rotatable bonds is 7. The molecule has 2 rings (SSSR count). The third kappa shape index (κ3) is 4.67. The zero-order valence-corrected chi connectivity index (χ0v) is 13.9. The van der Waals surface area contributed by atoms with Gasteiger partial charge in [-0.1, -0.05) is 30.3 Å². The Kier molecular flexibility index (Phi) is 6.51. The van der Waals surface area contributed by atoms with Crippen LogP contribution in [0.25, 0.3) is 11.1 Å². The molecule has 0 aliphatic carbocycles. The first kappa shape index (κ1) is 17.7. The van der Waals surface area contributed by atoms with Crippen LogP contribution in [-0.4, -0.2) is 40.7 Å². The number of carbonyl (C=O) groups excluding carboxylic acids is 1. The van der Waals surface area contributed by atoms with E-state index < -0.39 is 0 Å². The molecule has 1 atom stereocenters. The predicted octanol–water partition coefficient (Wildman–Crippen LogP) is 3.00. The lowest BCUT2D eigenvalue weighted by Gasteiger charge is -2.23. The van der Waals surface area contributed by atoms with Gasteiger partial charge in [0, 0.05) is 25.5 Å². The zero-order valence-electron chi connectivity index (χ0n) is 13.9. The van der Waals surface area contributed by atoms with E-state index in [9.17, 15) is 4.79 Å². The van der Waals surface area contributed by atoms with Crippen LogP contribution in [0.5, 0.6) is 0 Å². The van der Waals surface area contributed by atoms with E-state index in [-0.39, 0.29) is 25.2 Å². The number of aliphatic hydroxyl groups excluding tert-OH is 1. The van der Waals surface area contributed by atoms with Crippen molar-refractivity contribution in [2.45, 2.75) is 13.0 Å². The average molecular weight is 325 g/mol. The molecule has 24 heavy (non-hydrogen) atoms. The molecule has 1 aromatic carbocycles. The van der Waals surface area contributed by atoms with Gasteiger partial charge in [0.05, 0.1) is 12.6 Å². The molecular formula is C19H23N3O2. The summed E-state index contributed by atoms with van der Waals surface area (Å²) >= 11 is 0. The summed E-state index contributed by atoms with van der Waals surface area (Å²) in [7, 11) is 0. The molecule has 0 bridgehead atoms. The molecule has 1 unspecified atom stereocenters. The normalized spacial score (nSPS) is 11.6. The Balaban J connectivity index is 2.03. The maximum atomic E-state index is 12.2. The van der Waals surface area contributed by atoms with Crippen molar-refractivity contribution < 1.29 is 9.90 Å². The minimum Gasteiger partial charge on any atom is -0.395 e. The van der Waals surface area contributed by atoms with Crippen molar-refractivity contribution in [3.8, 4) is 11.1 Å². The summed E-state index contributed by atoms with van der Waals surface area (Å²) in [4.78, 5) is 17.8. The Bertz CT molecular complexity index is 656. The number of aromatic nitrogens is 1. The van der Waals surface area contributed by atoms with Crippen molar-refractivity contribution >= 4 is 6.03 Å². The lowest BCUT2D eigenvalue weighted by Crippen LogP contribution is -2.42. The van der Waals surface area contributed by atoms with Crippen molar-refractivity contribution in [2.75, 3.05) is 19.7 Å². The number of nitrogens with one attached hydrogen (secondary N) is 1. The fourth-order valence-electron chi connectivity index (χ4n) is 2.42. The Hall–Kier alpha value is -2.66. The molecule has 5 heteroatoms. The minimum absolute atomic E-state index is 0.0731. The molecule has 1 heterocycles. The first-order chi connectivity index (χ1) is 11.7. The highest BCUT2D eigenvalue weighted by molar-refractivity contribution is 5.75. The van der Waals surface area contributed by atoms with Gasteiger partial charge in [0.1, 0.15) is 0 Å². The van der Waals surface area contributed by atoms with E-state index in [1.54, 1.807) is 18.5 Å². The Labute approximate surface area is 142 Å². The lowest BCUT2D eigenvalue weighted by atomic mass is 10.0. The number of nitrogens with zero attached hydrogens (tertiary/aromatic N) is 2. The van der Waals surface area contributed by atoms with Gasteiger partial charge in [-0.15, -0.1) is 6.58 Å². The number of amides is 2. The van der Waals surface area contributed by atoms with Crippen molar-refractivity contribution in [2.24, 2.45) is 0 Å². The van der Waals surface area contributed by atoms with Crippen molar-refractivity contribution in [1.29, 1.82) is 0 Å². The molecule has 5 nitrogen and oxygen atoms in total. The molecule has 2 amide bonds. The van der Waals surface area contributed by atoms with E-state index in [0.29, 0.717) is 6.54 Å². The highest BCUT2D eigenvalue weighted by atomic mass is 16.3. The van der Waals surface area contributed by atoms with E-state index in [0.717, 1.165) is 16.7 Å². The van der Waals surface area contributed by atoms with Gasteiger partial charge in [0.15, 0.2) is 0 Å². The van der Waals surface area contributed by atoms with Gasteiger partial charge in [-0.25, -0.2) is 4.79 Å². The van der Waals surface area contributed by atoms with E-state index in [4.69, 9.17) is 5.11 Å². The SMILES string of the molecule is C=CCN(CCO)C(=O)NC(C)c1ccc(-c2ccncc2)cc1. The van der Waals surface area contributed by atoms with Gasteiger partial charge >= 0.3 is 6.03 Å². The number of aliphatic hydroxyl groups is 1. The molecule has 2 aromatic rings. The Morgan fingerprint density at radius 3 is 2.46 bits per heavy atom. The van der Waals surface area contributed by atoms with Crippen LogP contribution in [0.4, 0.5) is 4.79 Å². The molecule has 0 aliphatic heterocycles. The Morgan fingerprint density at radius 2 is 1.88 bits per heavy atom. The number of carbonyl (C=O) groups is 1. The third-order valence-corrected chi connectivity index (χ3v) is 3.77. The average Bonchev–Trinajstić information content (AvgIpc) is 2.62. The second-order valence-electron chi connectivity index (χ2n) is 5.49. The summed E-state index contributed by atoms with van der Waals surface area (Å²) in [5, 5.41) is 12.0. The molecular weight excluding hydrogens is 302 g/mol. The molecule has 0 saturated carbocycles. The molecule has 1 aromatic heterocycles. The topological polar surface area (TPSA) is 65.5 Å². The van der Waals surface area contributed by atoms with Crippen LogP contribution in [0.3, 0.4) is 0 Å². The number of pyridine rings is 1. The van der Waals surface area contributed by atoms with Crippen LogP contribution >= 0.6 is 0 Å². The predicted molar refractivity (Wildman–Crippen MR) is 95.5 cm³/mol. The van der Waals surface area contributed by atoms with Gasteiger partial charge in [-0.2, -0.15) is 0 Å². The quantitative estimate of drug-likeness (QED) is 0.769. The largest absolute Gasteiger partial charge is 0.395 e. The van der Waals surface area contributed by atoms with Gasteiger partial charge in [0.2, 0.25) is 0 Å². The molecule has 0 radical (unpaired) electrons. The molecule has 0 spiro atoms. The molecule has 126 valence electrons. The van der Waals surface area contributed by atoms with E-state index >= 15 is 0 Å². The van der Waals surface area contributed by atoms with Crippen molar-refractivity contribution in [3.63, 3.8) is 0 Å². The second-order valence-corrected chi connectivity index (χ2v) is 5.49. The van der Waals surface area contributed by atoms with Crippen LogP contribution < -0.4 is 5.32 Å². The number of urea groups is 1. The number of hydrogen-bond acceptors (Lipinski definition) is 3. The van der Waals surface area contributed by atoms with Gasteiger partial charge in [-0.05, 0) is 35.7 Å². The minimum atomic E-state index is -0.213. The third-order valence-electron chi connectivity index (χ3n) is 3.77. The zero-order chi connectivity index (χ0) is 17.4. The summed E-state index contributed by atoms with van der Waals surface area (Å²) in [6.07, 6.45) is 5.17. The maximum Gasteiger partial charge on any atom is 0.318 e. The molecule has 0 aliphatic rings. The molecule has 0 fully saturated rings. The lowest BCUT2D eigenvalue weighted by molar-refractivity contribution is 0.181. The summed E-state index contributed by atoms with van der Waals surface area (Å²) < 4.78 is 0. The fraction of sp³-hybridized carbons (Fsp3) is 0.263. The van der Waals surface area contributed by atoms with Crippen LogP contribution in [0, 0.1) is 0 Å². The summed E-state index contributed by atoms with van der Waals surface area (Å²) in [6, 6.07) is 11.6. The highest BCUT2D eigenvalue weighted by Crippen LogP contribution is 2.21. The first-order valence-electron chi connectivity index (χ1n) is 7.93. The van der Waals surface area contributed by atoms with Gasteiger partial charge < -0.3 is 15.3 Å². The second kappa shape index (κ2) is 8.84. The smallest absolute Gasteiger partial charge is 0.318 e. The highest BCUT2D eigenvalue weighted by Gasteiger charge is 2.15. The van der Waals surface area contributed by atoms with Crippen LogP contribution in [0.15, 0.2) is 61.4 Å².